The third-order valence-corrected chi connectivity index (χ3v) is 5.67. The van der Waals surface area contributed by atoms with Gasteiger partial charge in [-0.2, -0.15) is 0 Å². The van der Waals surface area contributed by atoms with E-state index in [1.54, 1.807) is 24.3 Å². The van der Waals surface area contributed by atoms with E-state index < -0.39 is 23.7 Å². The molecule has 0 radical (unpaired) electrons. The highest BCUT2D eigenvalue weighted by Gasteiger charge is 2.24. The Morgan fingerprint density at radius 2 is 2.00 bits per heavy atom. The summed E-state index contributed by atoms with van der Waals surface area (Å²) in [5.41, 5.74) is 1.99. The van der Waals surface area contributed by atoms with E-state index in [9.17, 15) is 19.1 Å². The molecule has 182 valence electrons. The van der Waals surface area contributed by atoms with Gasteiger partial charge in [0, 0.05) is 25.1 Å². The van der Waals surface area contributed by atoms with Crippen molar-refractivity contribution < 1.29 is 28.6 Å². The summed E-state index contributed by atoms with van der Waals surface area (Å²) in [5, 5.41) is 15.0. The lowest BCUT2D eigenvalue weighted by molar-refractivity contribution is -0.139. The maximum Gasteiger partial charge on any atom is 0.326 e. The summed E-state index contributed by atoms with van der Waals surface area (Å²) in [6.07, 6.45) is 0.588. The van der Waals surface area contributed by atoms with Gasteiger partial charge in [-0.3, -0.25) is 4.79 Å². The highest BCUT2D eigenvalue weighted by atomic mass is 35.5. The Kier molecular flexibility index (Phi) is 7.67. The molecule has 0 spiro atoms. The van der Waals surface area contributed by atoms with Crippen LogP contribution in [0.25, 0.3) is 0 Å². The minimum absolute atomic E-state index is 0.000502. The molecule has 0 unspecified atom stereocenters. The van der Waals surface area contributed by atoms with Crippen LogP contribution in [0.3, 0.4) is 0 Å². The van der Waals surface area contributed by atoms with Gasteiger partial charge in [-0.25, -0.2) is 14.2 Å². The van der Waals surface area contributed by atoms with Gasteiger partial charge >= 0.3 is 5.97 Å². The number of aromatic nitrogens is 1. The minimum Gasteiger partial charge on any atom is -0.493 e. The topological polar surface area (TPSA) is 110 Å². The van der Waals surface area contributed by atoms with Crippen molar-refractivity contribution in [2.75, 3.05) is 25.1 Å². The number of ether oxygens (including phenoxy) is 2. The molecule has 2 aromatic carbocycles. The standard InChI is InChI=1S/C25H23ClFN3O5/c26-18-2-1-3-19(27)22(18)23(31)30-21(25(32)33)14-15-4-7-17(8-5-15)34-12-10-16-6-9-20-24(29-16)35-13-11-28-20/h1-9,21,28H,10-14H2,(H,30,31)(H,32,33)/t21-/m0/s1. The number of anilines is 1. The Balaban J connectivity index is 1.31. The molecule has 0 bridgehead atoms. The first-order valence-electron chi connectivity index (χ1n) is 11.0. The van der Waals surface area contributed by atoms with E-state index in [1.807, 2.05) is 12.1 Å². The Hall–Kier alpha value is -3.85. The second-order valence-electron chi connectivity index (χ2n) is 7.84. The summed E-state index contributed by atoms with van der Waals surface area (Å²) >= 11 is 5.90. The molecule has 1 aliphatic heterocycles. The predicted molar refractivity (Wildman–Crippen MR) is 128 cm³/mol. The molecule has 2 heterocycles. The third kappa shape index (κ3) is 6.19. The number of nitrogens with zero attached hydrogens (tertiary/aromatic N) is 1. The molecule has 0 aliphatic carbocycles. The molecule has 1 amide bonds. The molecule has 0 saturated carbocycles. The van der Waals surface area contributed by atoms with Crippen molar-refractivity contribution in [2.24, 2.45) is 0 Å². The number of hydrogen-bond acceptors (Lipinski definition) is 6. The normalized spacial score (nSPS) is 13.1. The molecular weight excluding hydrogens is 477 g/mol. The predicted octanol–water partition coefficient (Wildman–Crippen LogP) is 3.73. The van der Waals surface area contributed by atoms with Crippen LogP contribution < -0.4 is 20.1 Å². The van der Waals surface area contributed by atoms with E-state index >= 15 is 0 Å². The lowest BCUT2D eigenvalue weighted by Crippen LogP contribution is -2.42. The highest BCUT2D eigenvalue weighted by Crippen LogP contribution is 2.25. The number of nitrogens with one attached hydrogen (secondary N) is 2. The number of halogens is 2. The van der Waals surface area contributed by atoms with Gasteiger partial charge in [0.2, 0.25) is 5.88 Å². The van der Waals surface area contributed by atoms with E-state index in [0.29, 0.717) is 36.8 Å². The molecule has 3 N–H and O–H groups in total. The summed E-state index contributed by atoms with van der Waals surface area (Å²) in [5.74, 6) is -1.76. The number of aliphatic carboxylic acids is 1. The maximum atomic E-state index is 14.0. The molecule has 4 rings (SSSR count). The molecule has 8 nitrogen and oxygen atoms in total. The number of carbonyl (C=O) groups excluding carboxylic acids is 1. The zero-order valence-electron chi connectivity index (χ0n) is 18.6. The van der Waals surface area contributed by atoms with Crippen LogP contribution in [-0.4, -0.2) is 47.8 Å². The van der Waals surface area contributed by atoms with E-state index in [0.717, 1.165) is 24.0 Å². The maximum absolute atomic E-state index is 14.0. The van der Waals surface area contributed by atoms with Crippen LogP contribution in [0.2, 0.25) is 5.02 Å². The smallest absolute Gasteiger partial charge is 0.326 e. The fourth-order valence-corrected chi connectivity index (χ4v) is 3.82. The van der Waals surface area contributed by atoms with Gasteiger partial charge in [-0.1, -0.05) is 29.8 Å². The molecule has 1 aromatic heterocycles. The number of rotatable bonds is 9. The summed E-state index contributed by atoms with van der Waals surface area (Å²) in [7, 11) is 0. The van der Waals surface area contributed by atoms with Gasteiger partial charge in [-0.15, -0.1) is 0 Å². The molecule has 1 atom stereocenters. The number of hydrogen-bond donors (Lipinski definition) is 3. The first kappa shape index (κ1) is 24.3. The van der Waals surface area contributed by atoms with Crippen LogP contribution in [0.5, 0.6) is 11.6 Å². The van der Waals surface area contributed by atoms with E-state index in [2.05, 4.69) is 15.6 Å². The first-order chi connectivity index (χ1) is 16.9. The molecule has 0 fully saturated rings. The number of amides is 1. The lowest BCUT2D eigenvalue weighted by Gasteiger charge is -2.18. The molecule has 3 aromatic rings. The highest BCUT2D eigenvalue weighted by molar-refractivity contribution is 6.33. The number of pyridine rings is 1. The van der Waals surface area contributed by atoms with Crippen LogP contribution in [0, 0.1) is 5.82 Å². The fraction of sp³-hybridized carbons (Fsp3) is 0.240. The summed E-state index contributed by atoms with van der Waals surface area (Å²) < 4.78 is 25.3. The van der Waals surface area contributed by atoms with Gasteiger partial charge in [0.05, 0.1) is 22.9 Å². The first-order valence-corrected chi connectivity index (χ1v) is 11.3. The average molecular weight is 500 g/mol. The van der Waals surface area contributed by atoms with Crippen LogP contribution in [0.1, 0.15) is 21.6 Å². The Morgan fingerprint density at radius 3 is 2.74 bits per heavy atom. The summed E-state index contributed by atoms with van der Waals surface area (Å²) in [6.45, 7) is 1.73. The van der Waals surface area contributed by atoms with Crippen LogP contribution in [-0.2, 0) is 17.6 Å². The zero-order chi connectivity index (χ0) is 24.8. The average Bonchev–Trinajstić information content (AvgIpc) is 2.84. The summed E-state index contributed by atoms with van der Waals surface area (Å²) in [6, 6.07) is 13.3. The lowest BCUT2D eigenvalue weighted by atomic mass is 10.0. The van der Waals surface area contributed by atoms with Crippen molar-refractivity contribution in [1.82, 2.24) is 10.3 Å². The molecule has 10 heteroatoms. The number of carboxylic acid groups (broad SMARTS) is 1. The van der Waals surface area contributed by atoms with Crippen molar-refractivity contribution in [3.63, 3.8) is 0 Å². The SMILES string of the molecule is O=C(N[C@@H](Cc1ccc(OCCc2ccc3c(n2)OCCN3)cc1)C(=O)O)c1c(F)cccc1Cl. The zero-order valence-corrected chi connectivity index (χ0v) is 19.3. The van der Waals surface area contributed by atoms with Crippen LogP contribution in [0.15, 0.2) is 54.6 Å². The Labute approximate surface area is 206 Å². The Bertz CT molecular complexity index is 1200. The monoisotopic (exact) mass is 499 g/mol. The third-order valence-electron chi connectivity index (χ3n) is 5.36. The number of benzene rings is 2. The van der Waals surface area contributed by atoms with E-state index in [-0.39, 0.29) is 17.0 Å². The van der Waals surface area contributed by atoms with Crippen molar-refractivity contribution in [3.8, 4) is 11.6 Å². The number of carbonyl (C=O) groups is 2. The quantitative estimate of drug-likeness (QED) is 0.411. The summed E-state index contributed by atoms with van der Waals surface area (Å²) in [4.78, 5) is 28.6. The molecule has 35 heavy (non-hydrogen) atoms. The second kappa shape index (κ2) is 11.1. The number of fused-ring (bicyclic) bond motifs is 1. The van der Waals surface area contributed by atoms with Crippen molar-refractivity contribution in [2.45, 2.75) is 18.9 Å². The van der Waals surface area contributed by atoms with Gasteiger partial charge < -0.3 is 25.2 Å². The van der Waals surface area contributed by atoms with Gasteiger partial charge in [0.15, 0.2) is 0 Å². The van der Waals surface area contributed by atoms with Crippen molar-refractivity contribution in [3.05, 3.63) is 82.3 Å². The van der Waals surface area contributed by atoms with Gasteiger partial charge in [0.25, 0.3) is 5.91 Å². The van der Waals surface area contributed by atoms with Gasteiger partial charge in [-0.05, 0) is 42.0 Å². The van der Waals surface area contributed by atoms with Crippen molar-refractivity contribution >= 4 is 29.2 Å². The molecule has 1 aliphatic rings. The molecule has 0 saturated heterocycles. The van der Waals surface area contributed by atoms with Gasteiger partial charge in [0.1, 0.15) is 24.2 Å². The molecular formula is C25H23ClFN3O5. The van der Waals surface area contributed by atoms with Crippen molar-refractivity contribution in [1.29, 1.82) is 0 Å². The van der Waals surface area contributed by atoms with Crippen LogP contribution >= 0.6 is 11.6 Å². The van der Waals surface area contributed by atoms with E-state index in [1.165, 1.54) is 12.1 Å². The second-order valence-corrected chi connectivity index (χ2v) is 8.25. The van der Waals surface area contributed by atoms with Crippen LogP contribution in [0.4, 0.5) is 10.1 Å². The Morgan fingerprint density at radius 1 is 1.20 bits per heavy atom. The number of carboxylic acids is 1. The largest absolute Gasteiger partial charge is 0.493 e. The van der Waals surface area contributed by atoms with E-state index in [4.69, 9.17) is 21.1 Å². The fourth-order valence-electron chi connectivity index (χ4n) is 3.57. The minimum atomic E-state index is -1.27.